The summed E-state index contributed by atoms with van der Waals surface area (Å²) in [6.45, 7) is 0.755. The molecule has 0 saturated carbocycles. The molecule has 2 N–H and O–H groups in total. The molecular weight excluding hydrogens is 176 g/mol. The minimum atomic E-state index is 0.755. The Labute approximate surface area is 82.4 Å². The highest BCUT2D eigenvalue weighted by Crippen LogP contribution is 2.14. The van der Waals surface area contributed by atoms with Crippen molar-refractivity contribution in [2.45, 2.75) is 6.54 Å². The molecular formula is C10H12N4. The van der Waals surface area contributed by atoms with Crippen LogP contribution in [0.25, 0.3) is 11.3 Å². The van der Waals surface area contributed by atoms with Gasteiger partial charge in [0.1, 0.15) is 5.82 Å². The smallest absolute Gasteiger partial charge is 0.120 e. The minimum Gasteiger partial charge on any atom is -0.341 e. The minimum absolute atomic E-state index is 0.755. The van der Waals surface area contributed by atoms with E-state index in [-0.39, 0.29) is 0 Å². The fraction of sp³-hybridized carbons (Fsp3) is 0.200. The largest absolute Gasteiger partial charge is 0.341 e. The number of aromatic amines is 1. The van der Waals surface area contributed by atoms with E-state index in [1.165, 1.54) is 0 Å². The van der Waals surface area contributed by atoms with Crippen molar-refractivity contribution < 1.29 is 0 Å². The van der Waals surface area contributed by atoms with Gasteiger partial charge >= 0.3 is 0 Å². The standard InChI is InChI=1S/C10H12N4/c1-11-7-10-13-6-9(14-10)8-2-4-12-5-3-8/h2-6,11H,7H2,1H3,(H,13,14). The molecule has 0 radical (unpaired) electrons. The van der Waals surface area contributed by atoms with E-state index in [1.54, 1.807) is 12.4 Å². The van der Waals surface area contributed by atoms with Gasteiger partial charge in [-0.05, 0) is 19.2 Å². The van der Waals surface area contributed by atoms with Crippen molar-refractivity contribution in [3.05, 3.63) is 36.5 Å². The van der Waals surface area contributed by atoms with E-state index in [0.717, 1.165) is 23.6 Å². The lowest BCUT2D eigenvalue weighted by Gasteiger charge is -1.95. The second-order valence-electron chi connectivity index (χ2n) is 3.01. The van der Waals surface area contributed by atoms with Gasteiger partial charge in [0.25, 0.3) is 0 Å². The summed E-state index contributed by atoms with van der Waals surface area (Å²) < 4.78 is 0. The first-order valence-corrected chi connectivity index (χ1v) is 4.49. The third-order valence-electron chi connectivity index (χ3n) is 1.96. The van der Waals surface area contributed by atoms with Gasteiger partial charge in [-0.1, -0.05) is 0 Å². The molecule has 0 bridgehead atoms. The van der Waals surface area contributed by atoms with E-state index in [9.17, 15) is 0 Å². The van der Waals surface area contributed by atoms with Gasteiger partial charge in [-0.25, -0.2) is 4.98 Å². The molecule has 0 aromatic carbocycles. The van der Waals surface area contributed by atoms with Crippen molar-refractivity contribution in [2.75, 3.05) is 7.05 Å². The maximum atomic E-state index is 4.24. The van der Waals surface area contributed by atoms with Crippen LogP contribution >= 0.6 is 0 Å². The third kappa shape index (κ3) is 1.80. The lowest BCUT2D eigenvalue weighted by Crippen LogP contribution is -2.06. The summed E-state index contributed by atoms with van der Waals surface area (Å²) in [4.78, 5) is 11.4. The fourth-order valence-corrected chi connectivity index (χ4v) is 1.30. The third-order valence-corrected chi connectivity index (χ3v) is 1.96. The van der Waals surface area contributed by atoms with Crippen molar-refractivity contribution >= 4 is 0 Å². The van der Waals surface area contributed by atoms with Crippen molar-refractivity contribution in [2.24, 2.45) is 0 Å². The molecule has 72 valence electrons. The maximum Gasteiger partial charge on any atom is 0.120 e. The van der Waals surface area contributed by atoms with E-state index >= 15 is 0 Å². The molecule has 2 aromatic rings. The van der Waals surface area contributed by atoms with Gasteiger partial charge in [-0.3, -0.25) is 4.98 Å². The predicted octanol–water partition coefficient (Wildman–Crippen LogP) is 1.19. The number of hydrogen-bond donors (Lipinski definition) is 2. The highest BCUT2D eigenvalue weighted by atomic mass is 15.0. The summed E-state index contributed by atoms with van der Waals surface area (Å²) in [5, 5.41) is 3.04. The summed E-state index contributed by atoms with van der Waals surface area (Å²) in [5.74, 6) is 0.944. The summed E-state index contributed by atoms with van der Waals surface area (Å²) in [6, 6.07) is 3.91. The molecule has 0 saturated heterocycles. The van der Waals surface area contributed by atoms with Gasteiger partial charge < -0.3 is 10.3 Å². The molecule has 2 rings (SSSR count). The Bertz CT molecular complexity index is 394. The average molecular weight is 188 g/mol. The zero-order chi connectivity index (χ0) is 9.80. The number of nitrogens with one attached hydrogen (secondary N) is 2. The first-order valence-electron chi connectivity index (χ1n) is 4.49. The molecule has 2 aromatic heterocycles. The van der Waals surface area contributed by atoms with Crippen LogP contribution in [0, 0.1) is 0 Å². The molecule has 0 unspecified atom stereocenters. The van der Waals surface area contributed by atoms with Crippen LogP contribution in [-0.2, 0) is 6.54 Å². The highest BCUT2D eigenvalue weighted by molar-refractivity contribution is 5.57. The molecule has 0 spiro atoms. The van der Waals surface area contributed by atoms with Crippen LogP contribution < -0.4 is 5.32 Å². The fourth-order valence-electron chi connectivity index (χ4n) is 1.30. The molecule has 0 atom stereocenters. The molecule has 0 amide bonds. The summed E-state index contributed by atoms with van der Waals surface area (Å²) >= 11 is 0. The van der Waals surface area contributed by atoms with Gasteiger partial charge in [-0.2, -0.15) is 0 Å². The molecule has 0 aliphatic carbocycles. The van der Waals surface area contributed by atoms with Crippen LogP contribution in [0.1, 0.15) is 5.82 Å². The van der Waals surface area contributed by atoms with Gasteiger partial charge in [0, 0.05) is 18.0 Å². The second-order valence-corrected chi connectivity index (χ2v) is 3.01. The Morgan fingerprint density at radius 1 is 1.36 bits per heavy atom. The molecule has 2 heterocycles. The van der Waals surface area contributed by atoms with Crippen molar-refractivity contribution in [1.82, 2.24) is 20.3 Å². The average Bonchev–Trinajstić information content (AvgIpc) is 2.68. The Kier molecular flexibility index (Phi) is 2.55. The lowest BCUT2D eigenvalue weighted by atomic mass is 10.2. The second kappa shape index (κ2) is 4.02. The normalized spacial score (nSPS) is 10.4. The van der Waals surface area contributed by atoms with E-state index in [0.29, 0.717) is 0 Å². The number of rotatable bonds is 3. The van der Waals surface area contributed by atoms with E-state index in [1.807, 2.05) is 25.4 Å². The van der Waals surface area contributed by atoms with Crippen LogP contribution in [0.3, 0.4) is 0 Å². The zero-order valence-electron chi connectivity index (χ0n) is 7.99. The molecule has 0 fully saturated rings. The molecule has 4 nitrogen and oxygen atoms in total. The topological polar surface area (TPSA) is 53.6 Å². The van der Waals surface area contributed by atoms with E-state index in [4.69, 9.17) is 0 Å². The molecule has 4 heteroatoms. The van der Waals surface area contributed by atoms with Crippen molar-refractivity contribution in [3.63, 3.8) is 0 Å². The molecule has 0 aliphatic rings. The van der Waals surface area contributed by atoms with Crippen molar-refractivity contribution in [3.8, 4) is 11.3 Å². The molecule has 14 heavy (non-hydrogen) atoms. The lowest BCUT2D eigenvalue weighted by molar-refractivity contribution is 0.772. The SMILES string of the molecule is CNCc1ncc(-c2ccncc2)[nH]1. The number of nitrogens with zero attached hydrogens (tertiary/aromatic N) is 2. The Morgan fingerprint density at radius 3 is 2.86 bits per heavy atom. The van der Waals surface area contributed by atoms with Gasteiger partial charge in [-0.15, -0.1) is 0 Å². The van der Waals surface area contributed by atoms with Crippen LogP contribution in [0.2, 0.25) is 0 Å². The Balaban J connectivity index is 2.25. The predicted molar refractivity (Wildman–Crippen MR) is 54.6 cm³/mol. The summed E-state index contributed by atoms with van der Waals surface area (Å²) in [6.07, 6.45) is 5.38. The first kappa shape index (κ1) is 8.90. The summed E-state index contributed by atoms with van der Waals surface area (Å²) in [7, 11) is 1.90. The van der Waals surface area contributed by atoms with E-state index < -0.39 is 0 Å². The summed E-state index contributed by atoms with van der Waals surface area (Å²) in [5.41, 5.74) is 2.13. The number of H-pyrrole nitrogens is 1. The van der Waals surface area contributed by atoms with E-state index in [2.05, 4.69) is 20.3 Å². The van der Waals surface area contributed by atoms with Crippen LogP contribution in [-0.4, -0.2) is 22.0 Å². The number of pyridine rings is 1. The zero-order valence-corrected chi connectivity index (χ0v) is 7.99. The van der Waals surface area contributed by atoms with Crippen LogP contribution in [0.15, 0.2) is 30.7 Å². The van der Waals surface area contributed by atoms with Crippen LogP contribution in [0.5, 0.6) is 0 Å². The van der Waals surface area contributed by atoms with Crippen molar-refractivity contribution in [1.29, 1.82) is 0 Å². The van der Waals surface area contributed by atoms with Gasteiger partial charge in [0.05, 0.1) is 18.4 Å². The Hall–Kier alpha value is -1.68. The van der Waals surface area contributed by atoms with Gasteiger partial charge in [0.2, 0.25) is 0 Å². The maximum absolute atomic E-state index is 4.24. The number of imidazole rings is 1. The quantitative estimate of drug-likeness (QED) is 0.760. The molecule has 0 aliphatic heterocycles. The highest BCUT2D eigenvalue weighted by Gasteiger charge is 2.01. The van der Waals surface area contributed by atoms with Crippen LogP contribution in [0.4, 0.5) is 0 Å². The Morgan fingerprint density at radius 2 is 2.14 bits per heavy atom. The van der Waals surface area contributed by atoms with Gasteiger partial charge in [0.15, 0.2) is 0 Å². The number of aromatic nitrogens is 3. The first-order chi connectivity index (χ1) is 6.90. The monoisotopic (exact) mass is 188 g/mol. The number of hydrogen-bond acceptors (Lipinski definition) is 3.